The molecule has 0 spiro atoms. The molecule has 0 bridgehead atoms. The van der Waals surface area contributed by atoms with E-state index in [-0.39, 0.29) is 41.7 Å². The lowest BCUT2D eigenvalue weighted by Gasteiger charge is -2.60. The summed E-state index contributed by atoms with van der Waals surface area (Å²) in [5, 5.41) is 36.9. The molecule has 1 heterocycles. The van der Waals surface area contributed by atoms with E-state index in [2.05, 4.69) is 12.0 Å². The molecule has 6 nitrogen and oxygen atoms in total. The van der Waals surface area contributed by atoms with Gasteiger partial charge in [0, 0.05) is 11.5 Å². The molecule has 0 amide bonds. The van der Waals surface area contributed by atoms with Gasteiger partial charge in [0.15, 0.2) is 11.4 Å². The molecule has 3 N–H and O–H groups in total. The van der Waals surface area contributed by atoms with Crippen molar-refractivity contribution < 1.29 is 28.9 Å². The molecule has 3 saturated carbocycles. The molecule has 35 heavy (non-hydrogen) atoms. The van der Waals surface area contributed by atoms with Crippen molar-refractivity contribution in [2.75, 3.05) is 0 Å². The van der Waals surface area contributed by atoms with Gasteiger partial charge in [0.1, 0.15) is 11.5 Å². The van der Waals surface area contributed by atoms with Crippen molar-refractivity contribution >= 4 is 12.0 Å². The number of nitrogens with zero attached hydrogens (tertiary/aromatic N) is 2. The minimum absolute atomic E-state index is 0.0211. The topological polar surface area (TPSA) is 95.6 Å². The summed E-state index contributed by atoms with van der Waals surface area (Å²) in [6.45, 7) is 4.00. The fourth-order valence-corrected chi connectivity index (χ4v) is 8.39. The van der Waals surface area contributed by atoms with Crippen LogP contribution >= 0.6 is 0 Å². The molecule has 4 aliphatic rings. The third-order valence-corrected chi connectivity index (χ3v) is 10.1. The summed E-state index contributed by atoms with van der Waals surface area (Å²) < 4.78 is 29.5. The first-order valence-electron chi connectivity index (χ1n) is 12.4. The predicted molar refractivity (Wildman–Crippen MR) is 124 cm³/mol. The maximum atomic E-state index is 14.5. The molecule has 0 saturated heterocycles. The fraction of sp³-hybridized carbons (Fsp3) is 0.556. The van der Waals surface area contributed by atoms with Crippen molar-refractivity contribution in [3.63, 3.8) is 0 Å². The monoisotopic (exact) mass is 484 g/mol. The Hall–Kier alpha value is -2.58. The number of carboxylic acids is 1. The van der Waals surface area contributed by atoms with Crippen LogP contribution in [0.3, 0.4) is 0 Å². The fourth-order valence-electron chi connectivity index (χ4n) is 8.39. The molecule has 4 aliphatic carbocycles. The first kappa shape index (κ1) is 22.9. The van der Waals surface area contributed by atoms with Crippen LogP contribution in [0.5, 0.6) is 0 Å². The number of aliphatic carboxylic acids is 1. The number of allylic oxidation sites excluding steroid dienone is 1. The molecule has 8 heteroatoms. The van der Waals surface area contributed by atoms with E-state index in [0.717, 1.165) is 30.2 Å². The summed E-state index contributed by atoms with van der Waals surface area (Å²) in [5.74, 6) is -2.47. The first-order chi connectivity index (χ1) is 16.5. The predicted octanol–water partition coefficient (Wildman–Crippen LogP) is 4.12. The van der Waals surface area contributed by atoms with Gasteiger partial charge in [0.2, 0.25) is 0 Å². The molecular weight excluding hydrogens is 454 g/mol. The molecule has 186 valence electrons. The molecule has 3 fully saturated rings. The zero-order valence-electron chi connectivity index (χ0n) is 19.8. The average Bonchev–Trinajstić information content (AvgIpc) is 3.29. The highest BCUT2D eigenvalue weighted by atomic mass is 19.1. The highest BCUT2D eigenvalue weighted by molar-refractivity contribution is 5.79. The molecule has 0 unspecified atom stereocenters. The van der Waals surface area contributed by atoms with E-state index in [1.807, 2.05) is 13.0 Å². The summed E-state index contributed by atoms with van der Waals surface area (Å²) >= 11 is 0. The molecule has 2 aromatic rings. The maximum Gasteiger partial charge on any atom is 0.336 e. The molecule has 0 aliphatic heterocycles. The van der Waals surface area contributed by atoms with E-state index in [1.54, 1.807) is 6.20 Å². The maximum absolute atomic E-state index is 14.5. The third kappa shape index (κ3) is 2.87. The Bertz CT molecular complexity index is 1270. The second-order valence-corrected chi connectivity index (χ2v) is 11.6. The van der Waals surface area contributed by atoms with Crippen molar-refractivity contribution in [1.29, 1.82) is 0 Å². The van der Waals surface area contributed by atoms with Gasteiger partial charge in [0.05, 0.1) is 18.0 Å². The number of hydrogen-bond acceptors (Lipinski definition) is 4. The number of carbonyl (C=O) groups is 1. The zero-order valence-corrected chi connectivity index (χ0v) is 19.8. The van der Waals surface area contributed by atoms with Gasteiger partial charge in [-0.15, -0.1) is 0 Å². The second kappa shape index (κ2) is 7.23. The summed E-state index contributed by atoms with van der Waals surface area (Å²) in [7, 11) is 0. The molecule has 1 aromatic carbocycles. The number of carboxylic acid groups (broad SMARTS) is 1. The van der Waals surface area contributed by atoms with Gasteiger partial charge < -0.3 is 15.3 Å². The molecule has 0 radical (unpaired) electrons. The van der Waals surface area contributed by atoms with Gasteiger partial charge in [-0.2, -0.15) is 5.10 Å². The number of fused-ring (bicyclic) bond motifs is 6. The van der Waals surface area contributed by atoms with Crippen molar-refractivity contribution in [2.24, 2.45) is 28.6 Å². The van der Waals surface area contributed by atoms with E-state index in [0.29, 0.717) is 12.8 Å². The number of hydrogen-bond donors (Lipinski definition) is 3. The number of aliphatic hydroxyl groups excluding tert-OH is 1. The largest absolute Gasteiger partial charge is 0.479 e. The van der Waals surface area contributed by atoms with Crippen molar-refractivity contribution in [1.82, 2.24) is 9.78 Å². The van der Waals surface area contributed by atoms with Crippen LogP contribution in [-0.2, 0) is 11.2 Å². The lowest BCUT2D eigenvalue weighted by Crippen LogP contribution is -2.61. The summed E-state index contributed by atoms with van der Waals surface area (Å²) in [6, 6.07) is 3.45. The Morgan fingerprint density at radius 3 is 2.71 bits per heavy atom. The number of halogens is 2. The highest BCUT2D eigenvalue weighted by Crippen LogP contribution is 2.67. The minimum Gasteiger partial charge on any atom is -0.479 e. The number of rotatable bonds is 2. The van der Waals surface area contributed by atoms with Crippen LogP contribution in [0.15, 0.2) is 30.0 Å². The van der Waals surface area contributed by atoms with Crippen LogP contribution < -0.4 is 0 Å². The molecule has 1 aromatic heterocycles. The van der Waals surface area contributed by atoms with E-state index >= 15 is 0 Å². The second-order valence-electron chi connectivity index (χ2n) is 11.6. The number of aliphatic hydroxyl groups is 2. The van der Waals surface area contributed by atoms with Gasteiger partial charge in [-0.25, -0.2) is 18.3 Å². The average molecular weight is 485 g/mol. The molecular formula is C27H30F2N2O4. The Labute approximate surface area is 202 Å². The van der Waals surface area contributed by atoms with Gasteiger partial charge in [-0.1, -0.05) is 19.4 Å². The van der Waals surface area contributed by atoms with Gasteiger partial charge in [-0.05, 0) is 85.5 Å². The van der Waals surface area contributed by atoms with E-state index in [4.69, 9.17) is 0 Å². The van der Waals surface area contributed by atoms with Crippen molar-refractivity contribution in [2.45, 2.75) is 64.1 Å². The van der Waals surface area contributed by atoms with Gasteiger partial charge in [0.25, 0.3) is 0 Å². The van der Waals surface area contributed by atoms with Crippen LogP contribution in [0.2, 0.25) is 0 Å². The van der Waals surface area contributed by atoms with Crippen LogP contribution in [0, 0.1) is 40.2 Å². The lowest BCUT2D eigenvalue weighted by molar-refractivity contribution is -0.193. The summed E-state index contributed by atoms with van der Waals surface area (Å²) in [6.07, 6.45) is 6.32. The Morgan fingerprint density at radius 1 is 1.23 bits per heavy atom. The van der Waals surface area contributed by atoms with E-state index < -0.39 is 34.7 Å². The standard InChI is InChI=1S/C27H30F2N2O4/c1-25-11-14-13-30-31(20-6-4-16(28)10-19(20)29)21(14)9-15(25)3-5-17-18-7-8-27(35,24(33)34)26(18,2)12-22(32)23(17)25/h4,6,9-10,13,17-18,22-23,32,35H,3,5,7-8,11-12H2,1-2H3,(H,33,34)/t17-,18-,22-,23+,25-,26-,27-/m1/s1. The lowest BCUT2D eigenvalue weighted by atomic mass is 9.45. The highest BCUT2D eigenvalue weighted by Gasteiger charge is 2.68. The summed E-state index contributed by atoms with van der Waals surface area (Å²) in [5.41, 5.74) is 0.0318. The first-order valence-corrected chi connectivity index (χ1v) is 12.4. The number of benzene rings is 1. The molecule has 7 atom stereocenters. The van der Waals surface area contributed by atoms with Gasteiger partial charge >= 0.3 is 5.97 Å². The minimum atomic E-state index is -1.82. The third-order valence-electron chi connectivity index (χ3n) is 10.1. The van der Waals surface area contributed by atoms with Crippen molar-refractivity contribution in [3.8, 4) is 5.69 Å². The zero-order chi connectivity index (χ0) is 24.9. The Balaban J connectivity index is 1.39. The van der Waals surface area contributed by atoms with Crippen LogP contribution in [-0.4, -0.2) is 42.8 Å². The van der Waals surface area contributed by atoms with Crippen LogP contribution in [0.1, 0.15) is 57.2 Å². The quantitative estimate of drug-likeness (QED) is 0.596. The van der Waals surface area contributed by atoms with Crippen LogP contribution in [0.4, 0.5) is 8.78 Å². The van der Waals surface area contributed by atoms with Crippen LogP contribution in [0.25, 0.3) is 11.8 Å². The smallest absolute Gasteiger partial charge is 0.336 e. The van der Waals surface area contributed by atoms with Gasteiger partial charge in [-0.3, -0.25) is 0 Å². The Morgan fingerprint density at radius 2 is 2.00 bits per heavy atom. The normalized spacial score (nSPS) is 39.8. The Kier molecular flexibility index (Phi) is 4.72. The molecule has 6 rings (SSSR count). The number of aromatic nitrogens is 2. The van der Waals surface area contributed by atoms with E-state index in [1.165, 1.54) is 22.4 Å². The van der Waals surface area contributed by atoms with Crippen molar-refractivity contribution in [3.05, 3.63) is 52.9 Å². The summed E-state index contributed by atoms with van der Waals surface area (Å²) in [4.78, 5) is 12.0. The van der Waals surface area contributed by atoms with E-state index in [9.17, 15) is 28.9 Å². The SMILES string of the molecule is C[C@@]12Cc3cnn(-c4ccc(F)cc4F)c3C=C1CC[C@H]1[C@H]2[C@H](O)C[C@]2(C)[C@@H]1CC[C@@]2(O)C(=O)O.